The lowest BCUT2D eigenvalue weighted by molar-refractivity contribution is 0.00458. The number of nitrogens with zero attached hydrogens (tertiary/aromatic N) is 2. The molecule has 0 N–H and O–H groups in total. The van der Waals surface area contributed by atoms with E-state index in [0.29, 0.717) is 6.54 Å². The van der Waals surface area contributed by atoms with Crippen LogP contribution in [0.1, 0.15) is 19.3 Å². The van der Waals surface area contributed by atoms with Crippen LogP contribution >= 0.6 is 0 Å². The van der Waals surface area contributed by atoms with E-state index in [-0.39, 0.29) is 11.3 Å². The van der Waals surface area contributed by atoms with Gasteiger partial charge in [0.25, 0.3) is 0 Å². The molecule has 1 aliphatic heterocycles. The van der Waals surface area contributed by atoms with Crippen molar-refractivity contribution >= 4 is 9.84 Å². The fourth-order valence-electron chi connectivity index (χ4n) is 1.93. The zero-order valence-corrected chi connectivity index (χ0v) is 10.1. The van der Waals surface area contributed by atoms with Gasteiger partial charge in [-0.1, -0.05) is 0 Å². The Labute approximate surface area is 95.4 Å². The number of ether oxygens (including phenoxy) is 1. The maximum Gasteiger partial charge on any atom is 0.227 e. The van der Waals surface area contributed by atoms with E-state index in [9.17, 15) is 8.42 Å². The van der Waals surface area contributed by atoms with E-state index in [4.69, 9.17) is 4.74 Å². The van der Waals surface area contributed by atoms with Crippen molar-refractivity contribution in [2.45, 2.75) is 37.1 Å². The van der Waals surface area contributed by atoms with Gasteiger partial charge >= 0.3 is 0 Å². The molecule has 0 spiro atoms. The third kappa shape index (κ3) is 2.62. The monoisotopic (exact) mass is 244 g/mol. The number of rotatable bonds is 3. The Bertz CT molecular complexity index is 446. The third-order valence-electron chi connectivity index (χ3n) is 2.68. The highest BCUT2D eigenvalue weighted by Gasteiger charge is 2.19. The predicted octanol–water partition coefficient (Wildman–Crippen LogP) is 0.856. The second-order valence-electron chi connectivity index (χ2n) is 4.12. The minimum absolute atomic E-state index is 0.114. The summed E-state index contributed by atoms with van der Waals surface area (Å²) in [6.07, 6.45) is 7.72. The molecule has 1 atom stereocenters. The van der Waals surface area contributed by atoms with Gasteiger partial charge < -0.3 is 9.30 Å². The summed E-state index contributed by atoms with van der Waals surface area (Å²) < 4.78 is 30.1. The zero-order valence-electron chi connectivity index (χ0n) is 9.30. The number of sulfone groups is 1. The molecule has 1 aromatic heterocycles. The summed E-state index contributed by atoms with van der Waals surface area (Å²) in [4.78, 5) is 3.87. The number of aromatic nitrogens is 2. The van der Waals surface area contributed by atoms with E-state index < -0.39 is 9.84 Å². The van der Waals surface area contributed by atoms with Gasteiger partial charge in [-0.25, -0.2) is 13.4 Å². The highest BCUT2D eigenvalue weighted by Crippen LogP contribution is 2.16. The van der Waals surface area contributed by atoms with E-state index in [1.165, 1.54) is 12.5 Å². The second-order valence-corrected chi connectivity index (χ2v) is 6.03. The Morgan fingerprint density at radius 1 is 1.56 bits per heavy atom. The first-order valence-electron chi connectivity index (χ1n) is 5.40. The van der Waals surface area contributed by atoms with Crippen LogP contribution in [0.2, 0.25) is 0 Å². The van der Waals surface area contributed by atoms with Gasteiger partial charge in [-0.2, -0.15) is 0 Å². The van der Waals surface area contributed by atoms with E-state index >= 15 is 0 Å². The van der Waals surface area contributed by atoms with Gasteiger partial charge in [0, 0.05) is 25.3 Å². The SMILES string of the molecule is CS(=O)(=O)c1nccn1C[C@@H]1CCCCO1. The Kier molecular flexibility index (Phi) is 3.30. The van der Waals surface area contributed by atoms with E-state index in [1.54, 1.807) is 10.8 Å². The predicted molar refractivity (Wildman–Crippen MR) is 58.9 cm³/mol. The fourth-order valence-corrected chi connectivity index (χ4v) is 2.75. The molecule has 1 aromatic rings. The van der Waals surface area contributed by atoms with E-state index in [1.807, 2.05) is 0 Å². The largest absolute Gasteiger partial charge is 0.376 e. The average Bonchev–Trinajstić information content (AvgIpc) is 2.67. The van der Waals surface area contributed by atoms with Crippen LogP contribution in [-0.4, -0.2) is 36.9 Å². The van der Waals surface area contributed by atoms with Crippen molar-refractivity contribution in [2.75, 3.05) is 12.9 Å². The molecule has 5 nitrogen and oxygen atoms in total. The minimum atomic E-state index is -3.24. The molecule has 0 aromatic carbocycles. The standard InChI is InChI=1S/C10H16N2O3S/c1-16(13,14)10-11-5-6-12(10)8-9-4-2-3-7-15-9/h5-6,9H,2-4,7-8H2,1H3/t9-/m0/s1. The fraction of sp³-hybridized carbons (Fsp3) is 0.700. The Balaban J connectivity index is 2.12. The minimum Gasteiger partial charge on any atom is -0.376 e. The molecule has 0 amide bonds. The molecule has 0 aliphatic carbocycles. The topological polar surface area (TPSA) is 61.2 Å². The Morgan fingerprint density at radius 3 is 3.00 bits per heavy atom. The molecule has 1 fully saturated rings. The lowest BCUT2D eigenvalue weighted by Crippen LogP contribution is -2.25. The first-order chi connectivity index (χ1) is 7.57. The molecular weight excluding hydrogens is 228 g/mol. The van der Waals surface area contributed by atoms with Crippen LogP contribution in [0, 0.1) is 0 Å². The molecule has 1 saturated heterocycles. The highest BCUT2D eigenvalue weighted by atomic mass is 32.2. The summed E-state index contributed by atoms with van der Waals surface area (Å²) in [5.41, 5.74) is 0. The lowest BCUT2D eigenvalue weighted by atomic mass is 10.1. The molecule has 0 unspecified atom stereocenters. The van der Waals surface area contributed by atoms with Gasteiger partial charge in [0.15, 0.2) is 0 Å². The number of hydrogen-bond donors (Lipinski definition) is 0. The van der Waals surface area contributed by atoms with Gasteiger partial charge in [-0.05, 0) is 19.3 Å². The summed E-state index contributed by atoms with van der Waals surface area (Å²) in [6, 6.07) is 0. The summed E-state index contributed by atoms with van der Waals surface area (Å²) >= 11 is 0. The van der Waals surface area contributed by atoms with Crippen LogP contribution in [0.15, 0.2) is 17.6 Å². The summed E-state index contributed by atoms with van der Waals surface area (Å²) in [5, 5.41) is 0.127. The van der Waals surface area contributed by atoms with Crippen molar-refractivity contribution in [1.82, 2.24) is 9.55 Å². The van der Waals surface area contributed by atoms with Crippen molar-refractivity contribution in [3.8, 4) is 0 Å². The van der Waals surface area contributed by atoms with Crippen LogP contribution < -0.4 is 0 Å². The first-order valence-corrected chi connectivity index (χ1v) is 7.29. The normalized spacial score (nSPS) is 22.2. The van der Waals surface area contributed by atoms with Crippen LogP contribution in [0.5, 0.6) is 0 Å². The highest BCUT2D eigenvalue weighted by molar-refractivity contribution is 7.90. The van der Waals surface area contributed by atoms with Gasteiger partial charge in [-0.3, -0.25) is 0 Å². The smallest absolute Gasteiger partial charge is 0.227 e. The molecule has 16 heavy (non-hydrogen) atoms. The molecule has 2 rings (SSSR count). The molecule has 0 bridgehead atoms. The summed E-state index contributed by atoms with van der Waals surface area (Å²) in [6.45, 7) is 1.34. The van der Waals surface area contributed by atoms with Crippen molar-refractivity contribution in [2.24, 2.45) is 0 Å². The zero-order chi connectivity index (χ0) is 11.6. The number of imidazole rings is 1. The van der Waals surface area contributed by atoms with Crippen LogP contribution in [0.4, 0.5) is 0 Å². The maximum atomic E-state index is 11.4. The van der Waals surface area contributed by atoms with Crippen LogP contribution in [0.3, 0.4) is 0 Å². The Hall–Kier alpha value is -0.880. The first kappa shape index (κ1) is 11.6. The average molecular weight is 244 g/mol. The number of hydrogen-bond acceptors (Lipinski definition) is 4. The molecular formula is C10H16N2O3S. The molecule has 0 radical (unpaired) electrons. The molecule has 6 heteroatoms. The van der Waals surface area contributed by atoms with Crippen molar-refractivity contribution in [1.29, 1.82) is 0 Å². The van der Waals surface area contributed by atoms with E-state index in [2.05, 4.69) is 4.98 Å². The molecule has 2 heterocycles. The quantitative estimate of drug-likeness (QED) is 0.791. The van der Waals surface area contributed by atoms with Crippen molar-refractivity contribution < 1.29 is 13.2 Å². The lowest BCUT2D eigenvalue weighted by Gasteiger charge is -2.23. The molecule has 0 saturated carbocycles. The van der Waals surface area contributed by atoms with Gasteiger partial charge in [0.2, 0.25) is 15.0 Å². The van der Waals surface area contributed by atoms with Gasteiger partial charge in [-0.15, -0.1) is 0 Å². The molecule has 90 valence electrons. The van der Waals surface area contributed by atoms with Crippen molar-refractivity contribution in [3.63, 3.8) is 0 Å². The van der Waals surface area contributed by atoms with Gasteiger partial charge in [0.1, 0.15) is 0 Å². The maximum absolute atomic E-state index is 11.4. The van der Waals surface area contributed by atoms with Crippen LogP contribution in [0.25, 0.3) is 0 Å². The second kappa shape index (κ2) is 4.55. The van der Waals surface area contributed by atoms with Crippen LogP contribution in [-0.2, 0) is 21.1 Å². The summed E-state index contributed by atoms with van der Waals surface area (Å²) in [7, 11) is -3.24. The summed E-state index contributed by atoms with van der Waals surface area (Å²) in [5.74, 6) is 0. The third-order valence-corrected chi connectivity index (χ3v) is 3.69. The molecule has 1 aliphatic rings. The Morgan fingerprint density at radius 2 is 2.38 bits per heavy atom. The van der Waals surface area contributed by atoms with E-state index in [0.717, 1.165) is 25.9 Å². The van der Waals surface area contributed by atoms with Crippen molar-refractivity contribution in [3.05, 3.63) is 12.4 Å². The van der Waals surface area contributed by atoms with Gasteiger partial charge in [0.05, 0.1) is 12.6 Å².